The summed E-state index contributed by atoms with van der Waals surface area (Å²) < 4.78 is 5.12. The van der Waals surface area contributed by atoms with Crippen molar-refractivity contribution in [3.8, 4) is 0 Å². The SMILES string of the molecule is Cc1ccc(NC(=O)COC(=O)[C@H](C)N2C(=O)[C@@H]3[C@H]4C[C@@H]([C@H](Br)[C@H]4Br)[C@@H]3C2=O)cc1C. The predicted molar refractivity (Wildman–Crippen MR) is 121 cm³/mol. The van der Waals surface area contributed by atoms with Gasteiger partial charge in [0.2, 0.25) is 11.8 Å². The number of likely N-dealkylation sites (tertiary alicyclic amines) is 1. The number of esters is 1. The number of nitrogens with zero attached hydrogens (tertiary/aromatic N) is 1. The van der Waals surface area contributed by atoms with E-state index in [2.05, 4.69) is 37.2 Å². The molecular weight excluding hydrogens is 532 g/mol. The molecule has 2 saturated carbocycles. The minimum atomic E-state index is -1.07. The van der Waals surface area contributed by atoms with Crippen LogP contribution in [0.4, 0.5) is 5.69 Å². The summed E-state index contributed by atoms with van der Waals surface area (Å²) in [4.78, 5) is 52.0. The third kappa shape index (κ3) is 3.73. The van der Waals surface area contributed by atoms with E-state index >= 15 is 0 Å². The van der Waals surface area contributed by atoms with Gasteiger partial charge in [-0.3, -0.25) is 19.3 Å². The van der Waals surface area contributed by atoms with Crippen LogP contribution in [0, 0.1) is 37.5 Å². The Bertz CT molecular complexity index is 935. The van der Waals surface area contributed by atoms with Crippen LogP contribution in [0.25, 0.3) is 0 Å². The van der Waals surface area contributed by atoms with Gasteiger partial charge in [-0.15, -0.1) is 0 Å². The Morgan fingerprint density at radius 2 is 1.68 bits per heavy atom. The summed E-state index contributed by atoms with van der Waals surface area (Å²) in [5, 5.41) is 2.68. The number of halogens is 2. The summed E-state index contributed by atoms with van der Waals surface area (Å²) >= 11 is 7.28. The van der Waals surface area contributed by atoms with Gasteiger partial charge in [-0.2, -0.15) is 0 Å². The maximum atomic E-state index is 13.0. The van der Waals surface area contributed by atoms with Crippen LogP contribution in [0.15, 0.2) is 18.2 Å². The number of hydrogen-bond donors (Lipinski definition) is 1. The normalized spacial score (nSPS) is 32.2. The van der Waals surface area contributed by atoms with Crippen LogP contribution in [0.5, 0.6) is 0 Å². The smallest absolute Gasteiger partial charge is 0.329 e. The van der Waals surface area contributed by atoms with Crippen molar-refractivity contribution in [2.45, 2.75) is 42.9 Å². The molecule has 0 radical (unpaired) electrons. The molecule has 31 heavy (non-hydrogen) atoms. The highest BCUT2D eigenvalue weighted by atomic mass is 79.9. The third-order valence-electron chi connectivity index (χ3n) is 6.89. The minimum absolute atomic E-state index is 0.0767. The van der Waals surface area contributed by atoms with Gasteiger partial charge in [-0.05, 0) is 62.3 Å². The first-order chi connectivity index (χ1) is 14.6. The Kier molecular flexibility index (Phi) is 6.02. The van der Waals surface area contributed by atoms with Crippen molar-refractivity contribution >= 4 is 61.2 Å². The zero-order valence-electron chi connectivity index (χ0n) is 17.4. The number of nitrogens with one attached hydrogen (secondary N) is 1. The molecule has 7 atom stereocenters. The average molecular weight is 556 g/mol. The van der Waals surface area contributed by atoms with Gasteiger partial charge < -0.3 is 10.1 Å². The van der Waals surface area contributed by atoms with Gasteiger partial charge in [-0.25, -0.2) is 4.79 Å². The summed E-state index contributed by atoms with van der Waals surface area (Å²) in [5.74, 6) is -2.50. The first kappa shape index (κ1) is 22.5. The lowest BCUT2D eigenvalue weighted by Gasteiger charge is -2.28. The van der Waals surface area contributed by atoms with Crippen LogP contribution >= 0.6 is 31.9 Å². The van der Waals surface area contributed by atoms with Crippen molar-refractivity contribution in [3.05, 3.63) is 29.3 Å². The lowest BCUT2D eigenvalue weighted by atomic mass is 9.81. The molecule has 4 rings (SSSR count). The summed E-state index contributed by atoms with van der Waals surface area (Å²) in [6, 6.07) is 4.43. The van der Waals surface area contributed by atoms with E-state index < -0.39 is 24.5 Å². The molecule has 1 aliphatic heterocycles. The third-order valence-corrected chi connectivity index (χ3v) is 10.1. The van der Waals surface area contributed by atoms with Crippen LogP contribution in [0.1, 0.15) is 24.5 Å². The Hall–Kier alpha value is -1.74. The van der Waals surface area contributed by atoms with Gasteiger partial charge >= 0.3 is 5.97 Å². The van der Waals surface area contributed by atoms with Gasteiger partial charge in [0, 0.05) is 15.3 Å². The fourth-order valence-electron chi connectivity index (χ4n) is 5.13. The molecule has 7 nitrogen and oxygen atoms in total. The van der Waals surface area contributed by atoms with Crippen molar-refractivity contribution in [3.63, 3.8) is 0 Å². The van der Waals surface area contributed by atoms with Crippen LogP contribution in [0.2, 0.25) is 0 Å². The number of rotatable bonds is 5. The Morgan fingerprint density at radius 1 is 1.10 bits per heavy atom. The van der Waals surface area contributed by atoms with Crippen molar-refractivity contribution in [2.24, 2.45) is 23.7 Å². The number of fused-ring (bicyclic) bond motifs is 5. The van der Waals surface area contributed by atoms with Gasteiger partial charge in [0.1, 0.15) is 6.04 Å². The van der Waals surface area contributed by atoms with Crippen molar-refractivity contribution in [1.29, 1.82) is 0 Å². The van der Waals surface area contributed by atoms with Crippen LogP contribution in [0.3, 0.4) is 0 Å². The van der Waals surface area contributed by atoms with E-state index in [1.54, 1.807) is 6.07 Å². The molecule has 1 saturated heterocycles. The van der Waals surface area contributed by atoms with E-state index in [1.807, 2.05) is 26.0 Å². The Balaban J connectivity index is 1.36. The first-order valence-electron chi connectivity index (χ1n) is 10.3. The molecule has 1 N–H and O–H groups in total. The van der Waals surface area contributed by atoms with Crippen LogP contribution in [-0.4, -0.2) is 50.9 Å². The van der Waals surface area contributed by atoms with E-state index in [-0.39, 0.29) is 45.1 Å². The summed E-state index contributed by atoms with van der Waals surface area (Å²) in [5.41, 5.74) is 2.75. The van der Waals surface area contributed by atoms with E-state index in [4.69, 9.17) is 4.74 Å². The Labute approximate surface area is 197 Å². The zero-order chi connectivity index (χ0) is 22.6. The maximum Gasteiger partial charge on any atom is 0.329 e. The topological polar surface area (TPSA) is 92.8 Å². The predicted octanol–water partition coefficient (Wildman–Crippen LogP) is 2.95. The minimum Gasteiger partial charge on any atom is -0.454 e. The number of carbonyl (C=O) groups excluding carboxylic acids is 4. The number of benzene rings is 1. The highest BCUT2D eigenvalue weighted by Gasteiger charge is 2.67. The van der Waals surface area contributed by atoms with Crippen molar-refractivity contribution in [1.82, 2.24) is 4.90 Å². The quantitative estimate of drug-likeness (QED) is 0.342. The molecule has 166 valence electrons. The lowest BCUT2D eigenvalue weighted by molar-refractivity contribution is -0.159. The monoisotopic (exact) mass is 554 g/mol. The highest BCUT2D eigenvalue weighted by Crippen LogP contribution is 2.60. The van der Waals surface area contributed by atoms with Crippen molar-refractivity contribution < 1.29 is 23.9 Å². The van der Waals surface area contributed by atoms with E-state index in [0.717, 1.165) is 22.4 Å². The fraction of sp³-hybridized carbons (Fsp3) is 0.545. The summed E-state index contributed by atoms with van der Waals surface area (Å²) in [6.07, 6.45) is 0.823. The Morgan fingerprint density at radius 3 is 2.23 bits per heavy atom. The van der Waals surface area contributed by atoms with Crippen LogP contribution < -0.4 is 5.32 Å². The second-order valence-corrected chi connectivity index (χ2v) is 10.8. The molecule has 1 heterocycles. The molecule has 1 aromatic rings. The van der Waals surface area contributed by atoms with E-state index in [0.29, 0.717) is 5.69 Å². The first-order valence-corrected chi connectivity index (χ1v) is 12.1. The number of amides is 3. The summed E-state index contributed by atoms with van der Waals surface area (Å²) in [6.45, 7) is 4.89. The molecule has 2 bridgehead atoms. The number of imide groups is 1. The summed E-state index contributed by atoms with van der Waals surface area (Å²) in [7, 11) is 0. The largest absolute Gasteiger partial charge is 0.454 e. The molecule has 3 amide bonds. The maximum absolute atomic E-state index is 13.0. The number of anilines is 1. The fourth-order valence-corrected chi connectivity index (χ4v) is 7.01. The van der Waals surface area contributed by atoms with Gasteiger partial charge in [0.25, 0.3) is 5.91 Å². The van der Waals surface area contributed by atoms with E-state index in [9.17, 15) is 19.2 Å². The molecule has 3 aliphatic rings. The van der Waals surface area contributed by atoms with Crippen molar-refractivity contribution in [2.75, 3.05) is 11.9 Å². The van der Waals surface area contributed by atoms with E-state index in [1.165, 1.54) is 6.92 Å². The van der Waals surface area contributed by atoms with Crippen LogP contribution in [-0.2, 0) is 23.9 Å². The number of carbonyl (C=O) groups is 4. The highest BCUT2D eigenvalue weighted by molar-refractivity contribution is 9.12. The number of aryl methyl sites for hydroxylation is 2. The lowest BCUT2D eigenvalue weighted by Crippen LogP contribution is -2.45. The second-order valence-electron chi connectivity index (χ2n) is 8.68. The molecular formula is C22H24Br2N2O5. The van der Waals surface area contributed by atoms with Gasteiger partial charge in [0.15, 0.2) is 6.61 Å². The molecule has 9 heteroatoms. The zero-order valence-corrected chi connectivity index (χ0v) is 20.6. The average Bonchev–Trinajstić information content (AvgIpc) is 3.33. The number of hydrogen-bond acceptors (Lipinski definition) is 5. The molecule has 3 fully saturated rings. The molecule has 0 unspecified atom stereocenters. The molecule has 1 aromatic carbocycles. The molecule has 0 aromatic heterocycles. The molecule has 0 spiro atoms. The second kappa shape index (κ2) is 8.31. The van der Waals surface area contributed by atoms with Gasteiger partial charge in [-0.1, -0.05) is 37.9 Å². The standard InChI is InChI=1S/C22H24Br2N2O5/c1-9-4-5-12(6-10(9)2)25-15(27)8-31-22(30)11(3)26-20(28)16-13-7-14(17(16)21(26)29)19(24)18(13)23/h4-6,11,13-14,16-19H,7-8H2,1-3H3,(H,25,27)/t11-,13+,14+,16-,17+,18-,19-/m0/s1. The molecule has 2 aliphatic carbocycles. The number of alkyl halides is 2. The van der Waals surface area contributed by atoms with Gasteiger partial charge in [0.05, 0.1) is 11.8 Å². The number of ether oxygens (including phenoxy) is 1.